The number of nitrogens with zero attached hydrogens (tertiary/aromatic N) is 2. The number of rotatable bonds is 4. The molecule has 1 aromatic carbocycles. The second-order valence-corrected chi connectivity index (χ2v) is 2.99. The van der Waals surface area contributed by atoms with Crippen molar-refractivity contribution in [2.24, 2.45) is 5.10 Å². The number of benzene rings is 1. The summed E-state index contributed by atoms with van der Waals surface area (Å²) in [4.78, 5) is 9.77. The van der Waals surface area contributed by atoms with Crippen molar-refractivity contribution in [1.82, 2.24) is 5.43 Å². The Hall–Kier alpha value is -1.13. The summed E-state index contributed by atoms with van der Waals surface area (Å²) in [6.45, 7) is 7.34. The van der Waals surface area contributed by atoms with E-state index in [2.05, 4.69) is 16.6 Å². The summed E-state index contributed by atoms with van der Waals surface area (Å²) >= 11 is 0. The molecule has 0 aliphatic carbocycles. The fourth-order valence-corrected chi connectivity index (χ4v) is 0.890. The summed E-state index contributed by atoms with van der Waals surface area (Å²) in [5.41, 5.74) is 3.45. The van der Waals surface area contributed by atoms with E-state index in [4.69, 9.17) is 5.41 Å². The molecule has 107 valence electrons. The van der Waals surface area contributed by atoms with Crippen LogP contribution in [0.2, 0.25) is 0 Å². The van der Waals surface area contributed by atoms with Gasteiger partial charge in [0.15, 0.2) is 0 Å². The third-order valence-electron chi connectivity index (χ3n) is 1.49. The zero-order chi connectivity index (χ0) is 14.9. The first-order chi connectivity index (χ1) is 9.20. The molecule has 0 atom stereocenters. The third-order valence-corrected chi connectivity index (χ3v) is 1.49. The van der Waals surface area contributed by atoms with Crippen molar-refractivity contribution in [2.75, 3.05) is 0 Å². The number of carbonyl (C=O) groups excluding carboxylic acids is 1. The number of hydrazone groups is 1. The Morgan fingerprint density at radius 2 is 1.85 bits per heavy atom. The molecule has 5 heteroatoms. The summed E-state index contributed by atoms with van der Waals surface area (Å²) in [5.74, 6) is 0. The maximum absolute atomic E-state index is 9.77. The maximum atomic E-state index is 9.77. The molecule has 0 aliphatic rings. The Kier molecular flexibility index (Phi) is 24.2. The van der Waals surface area contributed by atoms with Gasteiger partial charge in [-0.25, -0.2) is 5.43 Å². The molecule has 0 saturated carbocycles. The zero-order valence-electron chi connectivity index (χ0n) is 12.5. The minimum absolute atomic E-state index is 0. The summed E-state index contributed by atoms with van der Waals surface area (Å²) < 4.78 is 0. The van der Waals surface area contributed by atoms with Gasteiger partial charge in [-0.15, -0.1) is 13.8 Å². The average molecular weight is 348 g/mol. The SMILES string of the molecule is CC.C[C-]=CC(C)=[N-].O=CN/N=C/c1ccccc1.[Y]. The van der Waals surface area contributed by atoms with E-state index in [0.717, 1.165) is 5.56 Å². The largest absolute Gasteiger partial charge is 0.908 e. The minimum atomic E-state index is 0. The number of nitrogens with one attached hydrogen (secondary N) is 1. The fraction of sp³-hybridized carbons (Fsp3) is 0.267. The zero-order valence-corrected chi connectivity index (χ0v) is 15.3. The van der Waals surface area contributed by atoms with E-state index in [9.17, 15) is 4.79 Å². The molecular formula is C15H21N3OY-2. The molecular weight excluding hydrogens is 327 g/mol. The predicted octanol–water partition coefficient (Wildman–Crippen LogP) is 3.19. The van der Waals surface area contributed by atoms with Crippen LogP contribution < -0.4 is 5.43 Å². The molecule has 0 unspecified atom stereocenters. The molecule has 0 heterocycles. The Labute approximate surface area is 147 Å². The third kappa shape index (κ3) is 19.2. The van der Waals surface area contributed by atoms with Crippen LogP contribution in [0, 0.1) is 6.08 Å². The first kappa shape index (κ1) is 23.9. The van der Waals surface area contributed by atoms with Gasteiger partial charge in [0.1, 0.15) is 0 Å². The Morgan fingerprint density at radius 3 is 2.20 bits per heavy atom. The van der Waals surface area contributed by atoms with Crippen molar-refractivity contribution in [3.8, 4) is 0 Å². The number of hydrogen-bond donors (Lipinski definition) is 1. The van der Waals surface area contributed by atoms with E-state index in [1.807, 2.05) is 44.2 Å². The second-order valence-electron chi connectivity index (χ2n) is 2.99. The number of amides is 1. The van der Waals surface area contributed by atoms with Crippen LogP contribution in [-0.2, 0) is 37.5 Å². The Bertz CT molecular complexity index is 389. The summed E-state index contributed by atoms with van der Waals surface area (Å²) in [7, 11) is 0. The summed E-state index contributed by atoms with van der Waals surface area (Å²) in [5, 5.41) is 12.0. The number of carbonyl (C=O) groups is 1. The van der Waals surface area contributed by atoms with E-state index in [0.29, 0.717) is 12.1 Å². The van der Waals surface area contributed by atoms with Gasteiger partial charge in [0, 0.05) is 32.7 Å². The van der Waals surface area contributed by atoms with Crippen LogP contribution in [0.5, 0.6) is 0 Å². The minimum Gasteiger partial charge on any atom is -0.908 e. The number of allylic oxidation sites excluding steroid dienone is 2. The first-order valence-corrected chi connectivity index (χ1v) is 6.01. The van der Waals surface area contributed by atoms with Crippen LogP contribution in [0.25, 0.3) is 5.41 Å². The predicted molar refractivity (Wildman–Crippen MR) is 82.1 cm³/mol. The van der Waals surface area contributed by atoms with Gasteiger partial charge in [-0.05, 0) is 5.56 Å². The van der Waals surface area contributed by atoms with Gasteiger partial charge < -0.3 is 11.1 Å². The van der Waals surface area contributed by atoms with Gasteiger partial charge in [-0.2, -0.15) is 5.10 Å². The maximum Gasteiger partial charge on any atom is 0.227 e. The molecule has 4 nitrogen and oxygen atoms in total. The van der Waals surface area contributed by atoms with E-state index in [1.165, 1.54) is 6.08 Å². The van der Waals surface area contributed by atoms with Crippen LogP contribution in [0.3, 0.4) is 0 Å². The molecule has 0 bridgehead atoms. The van der Waals surface area contributed by atoms with Crippen molar-refractivity contribution >= 4 is 18.3 Å². The Morgan fingerprint density at radius 1 is 1.30 bits per heavy atom. The molecule has 20 heavy (non-hydrogen) atoms. The van der Waals surface area contributed by atoms with Gasteiger partial charge in [0.05, 0.1) is 6.21 Å². The topological polar surface area (TPSA) is 63.8 Å². The van der Waals surface area contributed by atoms with Crippen molar-refractivity contribution in [3.63, 3.8) is 0 Å². The Balaban J connectivity index is -0.000000278. The number of hydrogen-bond acceptors (Lipinski definition) is 2. The van der Waals surface area contributed by atoms with E-state index in [1.54, 1.807) is 20.1 Å². The van der Waals surface area contributed by atoms with E-state index < -0.39 is 0 Å². The quantitative estimate of drug-likeness (QED) is 0.386. The first-order valence-electron chi connectivity index (χ1n) is 6.01. The standard InChI is InChI=1S/C8H8N2O.C5H7N.C2H6.Y/c11-7-10-9-6-8-4-2-1-3-5-8;1-3-4-5(2)6;1-2;/h1-7H,(H,10,11);4H,1-2H3;1-2H3;/q;-2;;/b9-6+;;;. The van der Waals surface area contributed by atoms with Crippen molar-refractivity contribution in [2.45, 2.75) is 27.7 Å². The van der Waals surface area contributed by atoms with Crippen LogP contribution in [0.1, 0.15) is 33.3 Å². The monoisotopic (exact) mass is 348 g/mol. The average Bonchev–Trinajstić information content (AvgIpc) is 2.43. The fourth-order valence-electron chi connectivity index (χ4n) is 0.890. The molecule has 1 N–H and O–H groups in total. The molecule has 0 aliphatic heterocycles. The molecule has 0 aromatic heterocycles. The van der Waals surface area contributed by atoms with E-state index >= 15 is 0 Å². The summed E-state index contributed by atoms with van der Waals surface area (Å²) in [6.07, 6.45) is 6.27. The molecule has 0 saturated heterocycles. The van der Waals surface area contributed by atoms with Crippen molar-refractivity contribution in [1.29, 1.82) is 0 Å². The van der Waals surface area contributed by atoms with Gasteiger partial charge >= 0.3 is 0 Å². The molecule has 1 aromatic rings. The van der Waals surface area contributed by atoms with Gasteiger partial charge in [-0.1, -0.05) is 44.2 Å². The van der Waals surface area contributed by atoms with E-state index in [-0.39, 0.29) is 32.7 Å². The second kappa shape index (κ2) is 20.2. The van der Waals surface area contributed by atoms with Crippen LogP contribution >= 0.6 is 0 Å². The van der Waals surface area contributed by atoms with Crippen LogP contribution in [-0.4, -0.2) is 18.3 Å². The molecule has 0 fully saturated rings. The molecule has 1 rings (SSSR count). The normalized spacial score (nSPS) is 8.60. The van der Waals surface area contributed by atoms with Crippen molar-refractivity contribution < 1.29 is 37.5 Å². The van der Waals surface area contributed by atoms with Gasteiger partial charge in [0.2, 0.25) is 6.41 Å². The van der Waals surface area contributed by atoms with Crippen molar-refractivity contribution in [3.05, 3.63) is 53.5 Å². The summed E-state index contributed by atoms with van der Waals surface area (Å²) in [6, 6.07) is 9.53. The smallest absolute Gasteiger partial charge is 0.227 e. The molecule has 1 amide bonds. The van der Waals surface area contributed by atoms with Crippen LogP contribution in [0.4, 0.5) is 0 Å². The molecule has 1 radical (unpaired) electrons. The van der Waals surface area contributed by atoms with Gasteiger partial charge in [0.25, 0.3) is 0 Å². The van der Waals surface area contributed by atoms with Gasteiger partial charge in [-0.3, -0.25) is 16.9 Å². The molecule has 0 spiro atoms. The van der Waals surface area contributed by atoms with Crippen LogP contribution in [0.15, 0.2) is 41.5 Å².